The molecule has 23 heavy (non-hydrogen) atoms. The van der Waals surface area contributed by atoms with E-state index >= 15 is 0 Å². The second-order valence-corrected chi connectivity index (χ2v) is 5.80. The predicted molar refractivity (Wildman–Crippen MR) is 96.6 cm³/mol. The molecule has 2 rings (SSSR count). The molecule has 0 heterocycles. The highest BCUT2D eigenvalue weighted by molar-refractivity contribution is 5.93. The number of amides is 1. The maximum absolute atomic E-state index is 12.4. The van der Waals surface area contributed by atoms with E-state index < -0.39 is 0 Å². The minimum atomic E-state index is 0.0479. The van der Waals surface area contributed by atoms with Crippen LogP contribution in [0.2, 0.25) is 0 Å². The normalized spacial score (nSPS) is 10.8. The van der Waals surface area contributed by atoms with Gasteiger partial charge in [-0.15, -0.1) is 0 Å². The summed E-state index contributed by atoms with van der Waals surface area (Å²) in [5.41, 5.74) is 4.50. The summed E-state index contributed by atoms with van der Waals surface area (Å²) in [4.78, 5) is 14.6. The minimum Gasteiger partial charge on any atom is -0.324 e. The Morgan fingerprint density at radius 2 is 1.78 bits per heavy atom. The molecule has 0 saturated carbocycles. The lowest BCUT2D eigenvalue weighted by Crippen LogP contribution is -2.33. The summed E-state index contributed by atoms with van der Waals surface area (Å²) in [6.45, 7) is 8.27. The van der Waals surface area contributed by atoms with Crippen molar-refractivity contribution < 1.29 is 4.79 Å². The lowest BCUT2D eigenvalue weighted by atomic mass is 10.1. The first-order chi connectivity index (χ1) is 11.1. The van der Waals surface area contributed by atoms with Gasteiger partial charge in [0.2, 0.25) is 5.91 Å². The largest absolute Gasteiger partial charge is 0.324 e. The van der Waals surface area contributed by atoms with Gasteiger partial charge < -0.3 is 5.32 Å². The van der Waals surface area contributed by atoms with Crippen LogP contribution in [0, 0.1) is 6.92 Å². The topological polar surface area (TPSA) is 32.3 Å². The molecule has 3 heteroatoms. The van der Waals surface area contributed by atoms with Crippen molar-refractivity contribution in [3.8, 4) is 0 Å². The van der Waals surface area contributed by atoms with Crippen molar-refractivity contribution in [2.45, 2.75) is 33.7 Å². The fourth-order valence-corrected chi connectivity index (χ4v) is 2.71. The van der Waals surface area contributed by atoms with E-state index in [2.05, 4.69) is 42.3 Å². The molecule has 122 valence electrons. The molecule has 0 spiro atoms. The number of likely N-dealkylation sites (N-methyl/N-ethyl adjacent to an activating group) is 1. The van der Waals surface area contributed by atoms with Gasteiger partial charge in [-0.2, -0.15) is 0 Å². The van der Waals surface area contributed by atoms with E-state index in [1.54, 1.807) is 0 Å². The third-order valence-electron chi connectivity index (χ3n) is 4.07. The fourth-order valence-electron chi connectivity index (χ4n) is 2.71. The summed E-state index contributed by atoms with van der Waals surface area (Å²) < 4.78 is 0. The number of hydrogen-bond donors (Lipinski definition) is 1. The van der Waals surface area contributed by atoms with Gasteiger partial charge in [0, 0.05) is 12.2 Å². The molecule has 1 N–H and O–H groups in total. The number of para-hydroxylation sites is 1. The lowest BCUT2D eigenvalue weighted by Gasteiger charge is -2.21. The summed E-state index contributed by atoms with van der Waals surface area (Å²) >= 11 is 0. The smallest absolute Gasteiger partial charge is 0.238 e. The number of hydrogen-bond acceptors (Lipinski definition) is 2. The Bertz CT molecular complexity index is 637. The average molecular weight is 310 g/mol. The number of anilines is 1. The molecular weight excluding hydrogens is 284 g/mol. The molecular formula is C20H26N2O. The quantitative estimate of drug-likeness (QED) is 0.838. The van der Waals surface area contributed by atoms with Crippen LogP contribution >= 0.6 is 0 Å². The van der Waals surface area contributed by atoms with E-state index in [9.17, 15) is 4.79 Å². The Hall–Kier alpha value is -2.13. The molecule has 0 aliphatic carbocycles. The molecule has 2 aromatic carbocycles. The van der Waals surface area contributed by atoms with E-state index in [0.717, 1.165) is 30.8 Å². The van der Waals surface area contributed by atoms with Crippen LogP contribution in [0.3, 0.4) is 0 Å². The van der Waals surface area contributed by atoms with Crippen molar-refractivity contribution in [1.29, 1.82) is 0 Å². The van der Waals surface area contributed by atoms with Gasteiger partial charge in [-0.25, -0.2) is 0 Å². The molecule has 0 aliphatic heterocycles. The van der Waals surface area contributed by atoms with Crippen molar-refractivity contribution in [2.75, 3.05) is 18.4 Å². The second kappa shape index (κ2) is 8.49. The Balaban J connectivity index is 2.01. The van der Waals surface area contributed by atoms with Crippen LogP contribution in [0.15, 0.2) is 48.5 Å². The van der Waals surface area contributed by atoms with E-state index in [0.29, 0.717) is 6.54 Å². The molecule has 0 atom stereocenters. The highest BCUT2D eigenvalue weighted by atomic mass is 16.2. The van der Waals surface area contributed by atoms with Crippen LogP contribution < -0.4 is 5.32 Å². The minimum absolute atomic E-state index is 0.0479. The van der Waals surface area contributed by atoms with Crippen molar-refractivity contribution in [3.05, 3.63) is 65.2 Å². The van der Waals surface area contributed by atoms with E-state index in [4.69, 9.17) is 0 Å². The van der Waals surface area contributed by atoms with Gasteiger partial charge in [-0.3, -0.25) is 9.69 Å². The molecule has 0 fully saturated rings. The Morgan fingerprint density at radius 1 is 1.04 bits per heavy atom. The summed E-state index contributed by atoms with van der Waals surface area (Å²) in [5, 5.41) is 3.10. The van der Waals surface area contributed by atoms with Gasteiger partial charge in [0.05, 0.1) is 6.54 Å². The van der Waals surface area contributed by atoms with Gasteiger partial charge in [0.15, 0.2) is 0 Å². The van der Waals surface area contributed by atoms with E-state index in [1.165, 1.54) is 11.1 Å². The van der Waals surface area contributed by atoms with Crippen LogP contribution in [0.5, 0.6) is 0 Å². The molecule has 0 radical (unpaired) electrons. The maximum Gasteiger partial charge on any atom is 0.238 e. The zero-order valence-corrected chi connectivity index (χ0v) is 14.3. The van der Waals surface area contributed by atoms with Gasteiger partial charge in [0.1, 0.15) is 0 Å². The van der Waals surface area contributed by atoms with Crippen molar-refractivity contribution in [3.63, 3.8) is 0 Å². The molecule has 0 bridgehead atoms. The Kier molecular flexibility index (Phi) is 6.36. The monoisotopic (exact) mass is 310 g/mol. The van der Waals surface area contributed by atoms with Crippen LogP contribution in [0.25, 0.3) is 0 Å². The number of aryl methyl sites for hydroxylation is 2. The molecule has 0 unspecified atom stereocenters. The first kappa shape index (κ1) is 17.2. The number of carbonyl (C=O) groups excluding carboxylic acids is 1. The zero-order valence-electron chi connectivity index (χ0n) is 14.3. The first-order valence-electron chi connectivity index (χ1n) is 8.28. The van der Waals surface area contributed by atoms with Crippen molar-refractivity contribution in [1.82, 2.24) is 4.90 Å². The summed E-state index contributed by atoms with van der Waals surface area (Å²) in [7, 11) is 0. The number of rotatable bonds is 7. The Morgan fingerprint density at radius 3 is 2.43 bits per heavy atom. The first-order valence-corrected chi connectivity index (χ1v) is 8.28. The third kappa shape index (κ3) is 4.93. The Labute approximate surface area is 139 Å². The van der Waals surface area contributed by atoms with Crippen LogP contribution in [0.4, 0.5) is 5.69 Å². The number of carbonyl (C=O) groups is 1. The average Bonchev–Trinajstić information content (AvgIpc) is 2.57. The van der Waals surface area contributed by atoms with Crippen LogP contribution in [0.1, 0.15) is 30.5 Å². The van der Waals surface area contributed by atoms with Crippen molar-refractivity contribution >= 4 is 11.6 Å². The van der Waals surface area contributed by atoms with Gasteiger partial charge in [-0.1, -0.05) is 62.4 Å². The molecule has 0 aliphatic rings. The highest BCUT2D eigenvalue weighted by Gasteiger charge is 2.12. The number of nitrogens with zero attached hydrogens (tertiary/aromatic N) is 1. The van der Waals surface area contributed by atoms with Crippen LogP contribution in [-0.4, -0.2) is 23.9 Å². The molecule has 1 amide bonds. The second-order valence-electron chi connectivity index (χ2n) is 5.80. The van der Waals surface area contributed by atoms with Crippen molar-refractivity contribution in [2.24, 2.45) is 0 Å². The van der Waals surface area contributed by atoms with Crippen LogP contribution in [-0.2, 0) is 17.8 Å². The molecule has 0 saturated heterocycles. The third-order valence-corrected chi connectivity index (χ3v) is 4.07. The lowest BCUT2D eigenvalue weighted by molar-refractivity contribution is -0.117. The molecule has 0 aromatic heterocycles. The fraction of sp³-hybridized carbons (Fsp3) is 0.350. The number of nitrogens with one attached hydrogen (secondary N) is 1. The summed E-state index contributed by atoms with van der Waals surface area (Å²) in [5.74, 6) is 0.0479. The van der Waals surface area contributed by atoms with E-state index in [-0.39, 0.29) is 5.91 Å². The standard InChI is InChI=1S/C20H26N2O/c1-4-18-13-9-10-16(3)20(18)21-19(23)15-22(5-2)14-17-11-7-6-8-12-17/h6-13H,4-5,14-15H2,1-3H3,(H,21,23). The SMILES string of the molecule is CCc1cccc(C)c1NC(=O)CN(CC)Cc1ccccc1. The molecule has 2 aromatic rings. The van der Waals surface area contributed by atoms with E-state index in [1.807, 2.05) is 37.3 Å². The van der Waals surface area contributed by atoms with Gasteiger partial charge in [0.25, 0.3) is 0 Å². The molecule has 3 nitrogen and oxygen atoms in total. The number of benzene rings is 2. The maximum atomic E-state index is 12.4. The van der Waals surface area contributed by atoms with Gasteiger partial charge >= 0.3 is 0 Å². The highest BCUT2D eigenvalue weighted by Crippen LogP contribution is 2.21. The van der Waals surface area contributed by atoms with Gasteiger partial charge in [-0.05, 0) is 36.6 Å². The zero-order chi connectivity index (χ0) is 16.7. The predicted octanol–water partition coefficient (Wildman–Crippen LogP) is 4.02. The summed E-state index contributed by atoms with van der Waals surface area (Å²) in [6.07, 6.45) is 0.915. The summed E-state index contributed by atoms with van der Waals surface area (Å²) in [6, 6.07) is 16.4.